The number of aromatic nitrogens is 3. The molecule has 1 aromatic heterocycles. The minimum absolute atomic E-state index is 0.124. The van der Waals surface area contributed by atoms with Gasteiger partial charge in [-0.05, 0) is 0 Å². The number of ether oxygens (including phenoxy) is 3. The van der Waals surface area contributed by atoms with Crippen LogP contribution in [0.25, 0.3) is 0 Å². The lowest BCUT2D eigenvalue weighted by atomic mass is 10.1. The second-order valence-electron chi connectivity index (χ2n) is 5.80. The van der Waals surface area contributed by atoms with Crippen molar-refractivity contribution < 1.29 is 14.2 Å². The highest BCUT2D eigenvalue weighted by molar-refractivity contribution is 4.97. The van der Waals surface area contributed by atoms with E-state index in [4.69, 9.17) is 14.2 Å². The van der Waals surface area contributed by atoms with Crippen LogP contribution in [0.15, 0.2) is 14.4 Å². The summed E-state index contributed by atoms with van der Waals surface area (Å²) in [6.45, 7) is 2.00. The number of aromatic amines is 1. The highest BCUT2D eigenvalue weighted by Gasteiger charge is 2.50. The molecule has 4 rings (SSSR count). The first-order chi connectivity index (χ1) is 10.1. The molecule has 0 aliphatic carbocycles. The Labute approximate surface area is 118 Å². The third-order valence-electron chi connectivity index (χ3n) is 3.96. The SMILES string of the molecule is O=c1[nH]c(=O)n(C[C@]2(C[C@@H]3CO3)CO2)c(=O)n1C[C@@H]1CO1. The lowest BCUT2D eigenvalue weighted by Crippen LogP contribution is -2.51. The number of H-pyrrole nitrogens is 1. The summed E-state index contributed by atoms with van der Waals surface area (Å²) in [5.41, 5.74) is -2.54. The molecule has 3 fully saturated rings. The van der Waals surface area contributed by atoms with Crippen LogP contribution in [0.5, 0.6) is 0 Å². The molecule has 9 nitrogen and oxygen atoms in total. The maximum atomic E-state index is 12.3. The second kappa shape index (κ2) is 4.39. The monoisotopic (exact) mass is 297 g/mol. The number of epoxide rings is 3. The lowest BCUT2D eigenvalue weighted by Gasteiger charge is -2.13. The van der Waals surface area contributed by atoms with Gasteiger partial charge in [-0.15, -0.1) is 0 Å². The van der Waals surface area contributed by atoms with E-state index in [2.05, 4.69) is 4.98 Å². The van der Waals surface area contributed by atoms with Gasteiger partial charge in [-0.1, -0.05) is 0 Å². The van der Waals surface area contributed by atoms with E-state index in [1.54, 1.807) is 0 Å². The Morgan fingerprint density at radius 1 is 1.10 bits per heavy atom. The van der Waals surface area contributed by atoms with Crippen LogP contribution < -0.4 is 17.1 Å². The van der Waals surface area contributed by atoms with Gasteiger partial charge < -0.3 is 14.2 Å². The van der Waals surface area contributed by atoms with Crippen molar-refractivity contribution in [2.75, 3.05) is 19.8 Å². The topological polar surface area (TPSA) is 114 Å². The van der Waals surface area contributed by atoms with Crippen LogP contribution in [0.4, 0.5) is 0 Å². The molecule has 3 atom stereocenters. The zero-order valence-electron chi connectivity index (χ0n) is 11.2. The first kappa shape index (κ1) is 13.0. The van der Waals surface area contributed by atoms with Gasteiger partial charge in [-0.2, -0.15) is 0 Å². The van der Waals surface area contributed by atoms with Crippen LogP contribution in [0.1, 0.15) is 6.42 Å². The van der Waals surface area contributed by atoms with E-state index in [0.29, 0.717) is 26.2 Å². The van der Waals surface area contributed by atoms with Crippen molar-refractivity contribution in [2.45, 2.75) is 37.3 Å². The Balaban J connectivity index is 1.65. The summed E-state index contributed by atoms with van der Waals surface area (Å²) in [4.78, 5) is 38.1. The van der Waals surface area contributed by atoms with Crippen LogP contribution in [-0.4, -0.2) is 51.7 Å². The summed E-state index contributed by atoms with van der Waals surface area (Å²) in [5.74, 6) is 0. The third kappa shape index (κ3) is 2.59. The van der Waals surface area contributed by atoms with E-state index in [1.807, 2.05) is 0 Å². The maximum absolute atomic E-state index is 12.3. The number of rotatable bonds is 6. The average Bonchev–Trinajstić information content (AvgIpc) is 3.29. The molecule has 0 unspecified atom stereocenters. The van der Waals surface area contributed by atoms with Gasteiger partial charge in [0.25, 0.3) is 0 Å². The fourth-order valence-corrected chi connectivity index (χ4v) is 2.49. The fraction of sp³-hybridized carbons (Fsp3) is 0.750. The van der Waals surface area contributed by atoms with Crippen LogP contribution >= 0.6 is 0 Å². The van der Waals surface area contributed by atoms with Crippen molar-refractivity contribution in [1.29, 1.82) is 0 Å². The standard InChI is InChI=1S/C12H15N3O6/c16-9-13-10(17)15(11(18)14(9)2-8-4-20-8)5-12(6-21-12)1-7-3-19-7/h7-8H,1-6H2,(H,13,16,17)/t7-,8-,12-/m1/s1. The van der Waals surface area contributed by atoms with E-state index < -0.39 is 22.7 Å². The highest BCUT2D eigenvalue weighted by Crippen LogP contribution is 2.37. The van der Waals surface area contributed by atoms with Gasteiger partial charge in [0.05, 0.1) is 45.1 Å². The van der Waals surface area contributed by atoms with E-state index in [1.165, 1.54) is 0 Å². The van der Waals surface area contributed by atoms with Gasteiger partial charge in [-0.3, -0.25) is 4.98 Å². The molecule has 21 heavy (non-hydrogen) atoms. The van der Waals surface area contributed by atoms with Crippen molar-refractivity contribution in [3.63, 3.8) is 0 Å². The van der Waals surface area contributed by atoms with E-state index >= 15 is 0 Å². The highest BCUT2D eigenvalue weighted by atomic mass is 16.6. The molecule has 9 heteroatoms. The third-order valence-corrected chi connectivity index (χ3v) is 3.96. The van der Waals surface area contributed by atoms with Crippen molar-refractivity contribution in [3.05, 3.63) is 31.5 Å². The summed E-state index contributed by atoms with van der Waals surface area (Å²) < 4.78 is 17.6. The molecular weight excluding hydrogens is 282 g/mol. The first-order valence-electron chi connectivity index (χ1n) is 6.87. The molecule has 0 aromatic carbocycles. The summed E-state index contributed by atoms with van der Waals surface area (Å²) >= 11 is 0. The summed E-state index contributed by atoms with van der Waals surface area (Å²) in [5, 5.41) is 0. The van der Waals surface area contributed by atoms with E-state index in [9.17, 15) is 14.4 Å². The van der Waals surface area contributed by atoms with Crippen LogP contribution in [-0.2, 0) is 27.3 Å². The molecule has 114 valence electrons. The number of hydrogen-bond acceptors (Lipinski definition) is 6. The van der Waals surface area contributed by atoms with Crippen LogP contribution in [0, 0.1) is 0 Å². The van der Waals surface area contributed by atoms with Gasteiger partial charge in [0.15, 0.2) is 0 Å². The van der Waals surface area contributed by atoms with Crippen molar-refractivity contribution >= 4 is 0 Å². The lowest BCUT2D eigenvalue weighted by molar-refractivity contribution is 0.228. The van der Waals surface area contributed by atoms with Gasteiger partial charge in [-0.25, -0.2) is 23.5 Å². The number of nitrogens with one attached hydrogen (secondary N) is 1. The predicted molar refractivity (Wildman–Crippen MR) is 68.4 cm³/mol. The summed E-state index contributed by atoms with van der Waals surface area (Å²) in [7, 11) is 0. The fourth-order valence-electron chi connectivity index (χ4n) is 2.49. The molecule has 0 amide bonds. The molecule has 0 radical (unpaired) electrons. The van der Waals surface area contributed by atoms with E-state index in [0.717, 1.165) is 9.13 Å². The number of nitrogens with zero attached hydrogens (tertiary/aromatic N) is 2. The van der Waals surface area contributed by atoms with Crippen molar-refractivity contribution in [1.82, 2.24) is 14.1 Å². The normalized spacial score (nSPS) is 33.0. The van der Waals surface area contributed by atoms with Gasteiger partial charge >= 0.3 is 17.1 Å². The molecule has 3 aliphatic heterocycles. The van der Waals surface area contributed by atoms with Crippen LogP contribution in [0.3, 0.4) is 0 Å². The average molecular weight is 297 g/mol. The molecule has 0 spiro atoms. The zero-order valence-corrected chi connectivity index (χ0v) is 11.2. The molecule has 0 saturated carbocycles. The Kier molecular flexibility index (Phi) is 2.72. The number of hydrogen-bond donors (Lipinski definition) is 1. The molecular formula is C12H15N3O6. The summed E-state index contributed by atoms with van der Waals surface area (Å²) in [6.07, 6.45) is 0.679. The Hall–Kier alpha value is -1.71. The maximum Gasteiger partial charge on any atom is 0.336 e. The molecule has 4 heterocycles. The van der Waals surface area contributed by atoms with Gasteiger partial charge in [0.2, 0.25) is 0 Å². The minimum atomic E-state index is -0.704. The largest absolute Gasteiger partial charge is 0.373 e. The van der Waals surface area contributed by atoms with Crippen molar-refractivity contribution in [2.24, 2.45) is 0 Å². The predicted octanol–water partition coefficient (Wildman–Crippen LogP) is -2.34. The molecule has 1 aromatic rings. The minimum Gasteiger partial charge on any atom is -0.373 e. The molecule has 1 N–H and O–H groups in total. The first-order valence-corrected chi connectivity index (χ1v) is 6.87. The molecule has 3 saturated heterocycles. The van der Waals surface area contributed by atoms with Gasteiger partial charge in [0.1, 0.15) is 5.60 Å². The van der Waals surface area contributed by atoms with Gasteiger partial charge in [0, 0.05) is 6.42 Å². The smallest absolute Gasteiger partial charge is 0.336 e. The zero-order chi connectivity index (χ0) is 14.6. The molecule has 0 bridgehead atoms. The second-order valence-corrected chi connectivity index (χ2v) is 5.80. The quantitative estimate of drug-likeness (QED) is 0.588. The Morgan fingerprint density at radius 3 is 2.29 bits per heavy atom. The Morgan fingerprint density at radius 2 is 1.71 bits per heavy atom. The Bertz CT molecular complexity index is 735. The van der Waals surface area contributed by atoms with Crippen molar-refractivity contribution in [3.8, 4) is 0 Å². The summed E-state index contributed by atoms with van der Waals surface area (Å²) in [6, 6.07) is 0. The molecule has 3 aliphatic rings. The van der Waals surface area contributed by atoms with E-state index in [-0.39, 0.29) is 25.3 Å². The van der Waals surface area contributed by atoms with Crippen LogP contribution in [0.2, 0.25) is 0 Å².